The van der Waals surface area contributed by atoms with Crippen molar-refractivity contribution >= 4 is 38.5 Å². The van der Waals surface area contributed by atoms with E-state index in [4.69, 9.17) is 4.42 Å². The summed E-state index contributed by atoms with van der Waals surface area (Å²) in [7, 11) is 0. The standard InChI is InChI=1S/C22H14NO.C13H24O2.Ir/c1-14-12-18-17-8-4-5-9-20(17)24-22(18)19(13-14)21-16-7-3-2-6-15(16)10-11-23-21;1-5-10(6-2)12(14)9-13(15)11(7-3)8-4;/h2-12H,1H3;9-11,14H,5-8H2,1-4H3;/q-1;;/b;12-9-;. The minimum absolute atomic E-state index is 0. The van der Waals surface area contributed by atoms with Gasteiger partial charge >= 0.3 is 0 Å². The third-order valence-electron chi connectivity index (χ3n) is 7.54. The summed E-state index contributed by atoms with van der Waals surface area (Å²) < 4.78 is 6.17. The number of nitrogens with zero attached hydrogens (tertiary/aromatic N) is 1. The number of allylic oxidation sites excluding steroid dienone is 2. The largest absolute Gasteiger partial charge is 0.512 e. The Labute approximate surface area is 250 Å². The van der Waals surface area contributed by atoms with Gasteiger partial charge in [-0.25, -0.2) is 0 Å². The smallest absolute Gasteiger partial charge is 0.162 e. The van der Waals surface area contributed by atoms with Crippen molar-refractivity contribution in [2.75, 3.05) is 0 Å². The Kier molecular flexibility index (Phi) is 11.2. The molecule has 0 saturated heterocycles. The molecule has 211 valence electrons. The SMILES string of the molecule is CCC(CC)C(=O)/C=C(\O)C(CC)CC.Cc1[c-]c(-c2nccc3ccccc23)c2oc3ccccc3c2c1.[Ir]. The maximum absolute atomic E-state index is 11.7. The number of para-hydroxylation sites is 1. The van der Waals surface area contributed by atoms with Crippen LogP contribution >= 0.6 is 0 Å². The van der Waals surface area contributed by atoms with Gasteiger partial charge in [-0.3, -0.25) is 4.79 Å². The van der Waals surface area contributed by atoms with Crippen LogP contribution in [0.15, 0.2) is 83.1 Å². The van der Waals surface area contributed by atoms with Crippen molar-refractivity contribution in [3.63, 3.8) is 0 Å². The van der Waals surface area contributed by atoms with E-state index in [9.17, 15) is 9.90 Å². The first-order valence-corrected chi connectivity index (χ1v) is 14.0. The average Bonchev–Trinajstić information content (AvgIpc) is 3.32. The van der Waals surface area contributed by atoms with Crippen molar-refractivity contribution in [2.45, 2.75) is 60.3 Å². The molecule has 0 aliphatic heterocycles. The number of rotatable bonds is 8. The summed E-state index contributed by atoms with van der Waals surface area (Å²) in [5.74, 6) is 0.547. The molecule has 0 unspecified atom stereocenters. The van der Waals surface area contributed by atoms with E-state index >= 15 is 0 Å². The van der Waals surface area contributed by atoms with Gasteiger partial charge in [0.2, 0.25) is 0 Å². The number of aromatic nitrogens is 1. The first kappa shape index (κ1) is 31.3. The number of fused-ring (bicyclic) bond motifs is 4. The van der Waals surface area contributed by atoms with Gasteiger partial charge in [0.15, 0.2) is 5.78 Å². The zero-order chi connectivity index (χ0) is 27.9. The average molecular weight is 713 g/mol. The second-order valence-electron chi connectivity index (χ2n) is 10.0. The van der Waals surface area contributed by atoms with Crippen LogP contribution in [-0.2, 0) is 24.9 Å². The second-order valence-corrected chi connectivity index (χ2v) is 10.0. The van der Waals surface area contributed by atoms with E-state index in [0.717, 1.165) is 69.8 Å². The maximum atomic E-state index is 11.7. The van der Waals surface area contributed by atoms with Gasteiger partial charge in [-0.2, -0.15) is 0 Å². The van der Waals surface area contributed by atoms with E-state index in [-0.39, 0.29) is 43.5 Å². The Hall–Kier alpha value is -3.27. The fourth-order valence-electron chi connectivity index (χ4n) is 5.17. The number of aliphatic hydroxyl groups excluding tert-OH is 1. The van der Waals surface area contributed by atoms with Crippen molar-refractivity contribution < 1.29 is 34.4 Å². The minimum Gasteiger partial charge on any atom is -0.512 e. The molecule has 2 aromatic heterocycles. The molecule has 0 saturated carbocycles. The van der Waals surface area contributed by atoms with E-state index < -0.39 is 0 Å². The van der Waals surface area contributed by atoms with Gasteiger partial charge in [0, 0.05) is 49.6 Å². The van der Waals surface area contributed by atoms with Crippen molar-refractivity contribution in [1.29, 1.82) is 0 Å². The molecule has 0 amide bonds. The minimum atomic E-state index is 0. The third kappa shape index (κ3) is 6.71. The number of ketones is 1. The van der Waals surface area contributed by atoms with E-state index in [1.54, 1.807) is 0 Å². The molecule has 0 fully saturated rings. The van der Waals surface area contributed by atoms with Crippen molar-refractivity contribution in [1.82, 2.24) is 4.98 Å². The van der Waals surface area contributed by atoms with Gasteiger partial charge in [-0.15, -0.1) is 17.7 Å². The number of carbonyl (C=O) groups is 1. The van der Waals surface area contributed by atoms with Crippen LogP contribution in [0.25, 0.3) is 44.0 Å². The summed E-state index contributed by atoms with van der Waals surface area (Å²) in [5, 5.41) is 14.3. The fraction of sp³-hybridized carbons (Fsp3) is 0.314. The Balaban J connectivity index is 0.000000243. The molecule has 5 heteroatoms. The molecule has 0 bridgehead atoms. The molecule has 0 aliphatic carbocycles. The summed E-state index contributed by atoms with van der Waals surface area (Å²) in [6, 6.07) is 24.1. The zero-order valence-corrected chi connectivity index (χ0v) is 26.4. The molecular formula is C35H38IrNO3-. The molecule has 40 heavy (non-hydrogen) atoms. The van der Waals surface area contributed by atoms with Crippen LogP contribution in [-0.4, -0.2) is 15.9 Å². The van der Waals surface area contributed by atoms with E-state index in [2.05, 4.69) is 42.2 Å². The molecule has 0 atom stereocenters. The normalized spacial score (nSPS) is 11.6. The summed E-state index contributed by atoms with van der Waals surface area (Å²) in [4.78, 5) is 16.4. The molecule has 4 nitrogen and oxygen atoms in total. The Morgan fingerprint density at radius 3 is 2.20 bits per heavy atom. The molecule has 1 N–H and O–H groups in total. The number of hydrogen-bond acceptors (Lipinski definition) is 4. The molecule has 0 spiro atoms. The van der Waals surface area contributed by atoms with Crippen LogP contribution in [0.1, 0.15) is 58.9 Å². The topological polar surface area (TPSA) is 63.3 Å². The zero-order valence-electron chi connectivity index (χ0n) is 24.0. The number of pyridine rings is 1. The molecule has 1 radical (unpaired) electrons. The van der Waals surface area contributed by atoms with Crippen molar-refractivity contribution in [3.05, 3.63) is 90.3 Å². The third-order valence-corrected chi connectivity index (χ3v) is 7.54. The van der Waals surface area contributed by atoms with Crippen molar-refractivity contribution in [3.8, 4) is 11.3 Å². The Bertz CT molecular complexity index is 1600. The number of hydrogen-bond donors (Lipinski definition) is 1. The van der Waals surface area contributed by atoms with Crippen LogP contribution in [0.5, 0.6) is 0 Å². The van der Waals surface area contributed by atoms with Gasteiger partial charge < -0.3 is 14.5 Å². The summed E-state index contributed by atoms with van der Waals surface area (Å²) >= 11 is 0. The molecular weight excluding hydrogens is 675 g/mol. The maximum Gasteiger partial charge on any atom is 0.162 e. The van der Waals surface area contributed by atoms with Gasteiger partial charge in [-0.05, 0) is 54.3 Å². The van der Waals surface area contributed by atoms with Crippen molar-refractivity contribution in [2.24, 2.45) is 11.8 Å². The Morgan fingerprint density at radius 2 is 1.52 bits per heavy atom. The molecule has 2 heterocycles. The molecule has 5 aromatic rings. The van der Waals surface area contributed by atoms with Crippen LogP contribution < -0.4 is 0 Å². The molecule has 3 aromatic carbocycles. The number of carbonyl (C=O) groups excluding carboxylic acids is 1. The quantitative estimate of drug-likeness (QED) is 0.0989. The first-order valence-electron chi connectivity index (χ1n) is 14.0. The predicted octanol–water partition coefficient (Wildman–Crippen LogP) is 9.78. The van der Waals surface area contributed by atoms with Gasteiger partial charge in [0.1, 0.15) is 5.58 Å². The second kappa shape index (κ2) is 14.4. The van der Waals surface area contributed by atoms with Gasteiger partial charge in [-0.1, -0.05) is 88.0 Å². The molecule has 5 rings (SSSR count). The summed E-state index contributed by atoms with van der Waals surface area (Å²) in [6.07, 6.45) is 6.76. The Morgan fingerprint density at radius 1 is 0.900 bits per heavy atom. The van der Waals surface area contributed by atoms with E-state index in [1.807, 2.05) is 70.3 Å². The number of aliphatic hydroxyl groups is 1. The van der Waals surface area contributed by atoms with Crippen LogP contribution in [0.4, 0.5) is 0 Å². The molecule has 0 aliphatic rings. The van der Waals surface area contributed by atoms with Gasteiger partial charge in [0.25, 0.3) is 0 Å². The monoisotopic (exact) mass is 713 g/mol. The number of aryl methyl sites for hydroxylation is 1. The predicted molar refractivity (Wildman–Crippen MR) is 162 cm³/mol. The van der Waals surface area contributed by atoms with Crippen LogP contribution in [0.2, 0.25) is 0 Å². The first-order chi connectivity index (χ1) is 18.9. The van der Waals surface area contributed by atoms with E-state index in [0.29, 0.717) is 0 Å². The fourth-order valence-corrected chi connectivity index (χ4v) is 5.17. The van der Waals surface area contributed by atoms with E-state index in [1.165, 1.54) is 11.5 Å². The number of furan rings is 1. The number of benzene rings is 3. The van der Waals surface area contributed by atoms with Gasteiger partial charge in [0.05, 0.1) is 11.3 Å². The summed E-state index contributed by atoms with van der Waals surface area (Å²) in [5.41, 5.74) is 4.68. The van der Waals surface area contributed by atoms with Crippen LogP contribution in [0, 0.1) is 24.8 Å². The summed E-state index contributed by atoms with van der Waals surface area (Å²) in [6.45, 7) is 10.1. The van der Waals surface area contributed by atoms with Crippen LogP contribution in [0.3, 0.4) is 0 Å².